The summed E-state index contributed by atoms with van der Waals surface area (Å²) < 4.78 is 0.373. The van der Waals surface area contributed by atoms with Crippen LogP contribution in [0.2, 0.25) is 0 Å². The first-order chi connectivity index (χ1) is 8.97. The van der Waals surface area contributed by atoms with Crippen molar-refractivity contribution < 1.29 is 0 Å². The second-order valence-corrected chi connectivity index (χ2v) is 5.89. The van der Waals surface area contributed by atoms with Crippen LogP contribution in [0.25, 0.3) is 0 Å². The molecule has 1 unspecified atom stereocenters. The van der Waals surface area contributed by atoms with Crippen molar-refractivity contribution >= 4 is 23.4 Å². The summed E-state index contributed by atoms with van der Waals surface area (Å²) in [6, 6.07) is 6.67. The molecule has 1 aromatic carbocycles. The first-order valence-electron chi connectivity index (χ1n) is 7.53. The minimum absolute atomic E-state index is 0.373. The van der Waals surface area contributed by atoms with Gasteiger partial charge in [0.15, 0.2) is 0 Å². The molecule has 0 aliphatic heterocycles. The summed E-state index contributed by atoms with van der Waals surface area (Å²) in [7, 11) is 0. The van der Waals surface area contributed by atoms with E-state index >= 15 is 0 Å². The first-order valence-corrected chi connectivity index (χ1v) is 7.53. The van der Waals surface area contributed by atoms with Crippen LogP contribution in [0, 0.1) is 0 Å². The van der Waals surface area contributed by atoms with Crippen LogP contribution in [-0.4, -0.2) is 22.4 Å². The molecule has 100 valence electrons. The fourth-order valence-electron chi connectivity index (χ4n) is 2.33. The van der Waals surface area contributed by atoms with Crippen LogP contribution in [0.1, 0.15) is 64.0 Å². The van der Waals surface area contributed by atoms with Gasteiger partial charge in [0.05, 0.1) is 0 Å². The summed E-state index contributed by atoms with van der Waals surface area (Å²) in [5.74, 6) is 1.09. The van der Waals surface area contributed by atoms with Gasteiger partial charge in [-0.15, -0.1) is 0 Å². The van der Waals surface area contributed by atoms with Crippen LogP contribution in [0.15, 0.2) is 30.4 Å². The van der Waals surface area contributed by atoms with Crippen LogP contribution >= 0.6 is 0 Å². The molecule has 19 heavy (non-hydrogen) atoms. The van der Waals surface area contributed by atoms with E-state index in [1.54, 1.807) is 0 Å². The minimum atomic E-state index is 0.373. The number of hydrogen-bond acceptors (Lipinski definition) is 1. The summed E-state index contributed by atoms with van der Waals surface area (Å²) in [5, 5.41) is 3.69. The van der Waals surface area contributed by atoms with E-state index in [4.69, 9.17) is 0 Å². The Hall–Kier alpha value is -0.643. The molecule has 1 rings (SSSR count). The number of anilines is 1. The van der Waals surface area contributed by atoms with Crippen molar-refractivity contribution in [3.05, 3.63) is 41.5 Å². The molecular weight excluding hydrogens is 225 g/mol. The van der Waals surface area contributed by atoms with Gasteiger partial charge in [0.2, 0.25) is 0 Å². The van der Waals surface area contributed by atoms with Crippen molar-refractivity contribution in [3.8, 4) is 0 Å². The molecule has 2 heteroatoms. The van der Waals surface area contributed by atoms with Gasteiger partial charge in [-0.2, -0.15) is 0 Å². The predicted octanol–water partition coefficient (Wildman–Crippen LogP) is 4.81. The maximum absolute atomic E-state index is 3.69. The summed E-state index contributed by atoms with van der Waals surface area (Å²) in [4.78, 5) is 0. The van der Waals surface area contributed by atoms with E-state index in [2.05, 4.69) is 88.0 Å². The number of nitrogens with one attached hydrogen (secondary N) is 1. The van der Waals surface area contributed by atoms with Gasteiger partial charge in [0.25, 0.3) is 0 Å². The molecule has 0 saturated heterocycles. The van der Waals surface area contributed by atoms with Gasteiger partial charge >= 0.3 is 128 Å². The van der Waals surface area contributed by atoms with E-state index in [1.165, 1.54) is 16.8 Å². The van der Waals surface area contributed by atoms with Gasteiger partial charge in [-0.05, 0) is 0 Å². The molecule has 0 bridgehead atoms. The molecule has 0 spiro atoms. The van der Waals surface area contributed by atoms with E-state index in [-0.39, 0.29) is 0 Å². The van der Waals surface area contributed by atoms with E-state index in [1.807, 2.05) is 0 Å². The Labute approximate surface area is 128 Å². The third-order valence-corrected chi connectivity index (χ3v) is 3.41. The Balaban J connectivity index is 3.10. The van der Waals surface area contributed by atoms with Crippen LogP contribution in [0.5, 0.6) is 0 Å². The SMILES string of the molecule is [Li][CH](C=CCC)Nc1c(C(C)C)cccc1C(C)C. The Morgan fingerprint density at radius 3 is 2.05 bits per heavy atom. The van der Waals surface area contributed by atoms with Gasteiger partial charge in [0, 0.05) is 0 Å². The predicted molar refractivity (Wildman–Crippen MR) is 87.2 cm³/mol. The number of allylic oxidation sites excluding steroid dienone is 1. The zero-order valence-corrected chi connectivity index (χ0v) is 13.3. The van der Waals surface area contributed by atoms with E-state index in [9.17, 15) is 0 Å². The molecule has 0 aliphatic rings. The molecule has 0 aromatic heterocycles. The number of rotatable bonds is 6. The normalized spacial score (nSPS) is 13.5. The van der Waals surface area contributed by atoms with E-state index < -0.39 is 0 Å². The van der Waals surface area contributed by atoms with E-state index in [0.717, 1.165) is 6.42 Å². The van der Waals surface area contributed by atoms with Crippen molar-refractivity contribution in [1.29, 1.82) is 0 Å². The molecule has 0 radical (unpaired) electrons. The monoisotopic (exact) mass is 251 g/mol. The summed E-state index contributed by atoms with van der Waals surface area (Å²) in [6.45, 7) is 11.2. The number of hydrogen-bond donors (Lipinski definition) is 1. The molecule has 0 amide bonds. The fourth-order valence-corrected chi connectivity index (χ4v) is 2.33. The van der Waals surface area contributed by atoms with Crippen molar-refractivity contribution in [3.63, 3.8) is 0 Å². The topological polar surface area (TPSA) is 12.0 Å². The molecular formula is C17H26LiN. The average Bonchev–Trinajstić information content (AvgIpc) is 2.35. The average molecular weight is 251 g/mol. The Bertz CT molecular complexity index is 395. The second kappa shape index (κ2) is 7.83. The summed E-state index contributed by atoms with van der Waals surface area (Å²) >= 11 is 2.22. The van der Waals surface area contributed by atoms with Crippen molar-refractivity contribution in [2.24, 2.45) is 0 Å². The fraction of sp³-hybridized carbons (Fsp3) is 0.529. The van der Waals surface area contributed by atoms with Gasteiger partial charge in [-0.25, -0.2) is 0 Å². The van der Waals surface area contributed by atoms with Gasteiger partial charge < -0.3 is 0 Å². The Kier molecular flexibility index (Phi) is 6.76. The van der Waals surface area contributed by atoms with Gasteiger partial charge in [-0.3, -0.25) is 0 Å². The molecule has 1 N–H and O–H groups in total. The molecule has 0 fully saturated rings. The van der Waals surface area contributed by atoms with Crippen LogP contribution in [-0.2, 0) is 0 Å². The van der Waals surface area contributed by atoms with Crippen LogP contribution in [0.3, 0.4) is 0 Å². The summed E-state index contributed by atoms with van der Waals surface area (Å²) in [6.07, 6.45) is 5.57. The quantitative estimate of drug-likeness (QED) is 0.565. The standard InChI is InChI=1S/C17H26N.Li/c1-6-7-8-12-18-17-15(13(2)3)10-9-11-16(17)14(4)5;/h7-14,18H,6H2,1-5H3;. The van der Waals surface area contributed by atoms with Crippen LogP contribution < -0.4 is 5.32 Å². The van der Waals surface area contributed by atoms with E-state index in [0.29, 0.717) is 16.6 Å². The molecule has 1 atom stereocenters. The Morgan fingerprint density at radius 1 is 1.11 bits per heavy atom. The second-order valence-electron chi connectivity index (χ2n) is 5.89. The van der Waals surface area contributed by atoms with Gasteiger partial charge in [0.1, 0.15) is 0 Å². The Morgan fingerprint density at radius 2 is 1.63 bits per heavy atom. The zero-order valence-electron chi connectivity index (χ0n) is 13.3. The molecule has 1 nitrogen and oxygen atoms in total. The summed E-state index contributed by atoms with van der Waals surface area (Å²) in [5.41, 5.74) is 4.17. The van der Waals surface area contributed by atoms with Crippen molar-refractivity contribution in [2.75, 3.05) is 5.32 Å². The van der Waals surface area contributed by atoms with Crippen molar-refractivity contribution in [1.82, 2.24) is 0 Å². The number of benzene rings is 1. The molecule has 0 saturated carbocycles. The third kappa shape index (κ3) is 4.75. The van der Waals surface area contributed by atoms with Crippen molar-refractivity contribution in [2.45, 2.75) is 57.6 Å². The maximum atomic E-state index is 3.69. The third-order valence-electron chi connectivity index (χ3n) is 3.41. The zero-order chi connectivity index (χ0) is 14.4. The first kappa shape index (κ1) is 16.4. The molecule has 0 aliphatic carbocycles. The molecule has 1 aromatic rings. The number of para-hydroxylation sites is 1. The van der Waals surface area contributed by atoms with Gasteiger partial charge in [-0.1, -0.05) is 0 Å². The van der Waals surface area contributed by atoms with Crippen LogP contribution in [0.4, 0.5) is 5.69 Å². The molecule has 0 heterocycles.